The van der Waals surface area contributed by atoms with Gasteiger partial charge in [-0.2, -0.15) is 0 Å². The number of amides is 1. The molecule has 0 atom stereocenters. The normalized spacial score (nSPS) is 16.6. The van der Waals surface area contributed by atoms with Gasteiger partial charge in [0.05, 0.1) is 6.42 Å². The summed E-state index contributed by atoms with van der Waals surface area (Å²) in [4.78, 5) is 15.2. The van der Waals surface area contributed by atoms with E-state index in [1.165, 1.54) is 24.6 Å². The number of hydrogen-bond acceptors (Lipinski definition) is 1. The van der Waals surface area contributed by atoms with E-state index < -0.39 is 0 Å². The molecule has 1 aliphatic rings. The zero-order chi connectivity index (χ0) is 13.1. The van der Waals surface area contributed by atoms with Crippen LogP contribution in [0.3, 0.4) is 0 Å². The van der Waals surface area contributed by atoms with E-state index in [2.05, 4.69) is 22.4 Å². The lowest BCUT2D eigenvalue weighted by atomic mass is 9.95. The Morgan fingerprint density at radius 1 is 1.21 bits per heavy atom. The van der Waals surface area contributed by atoms with Crippen molar-refractivity contribution in [1.82, 2.24) is 10.3 Å². The van der Waals surface area contributed by atoms with E-state index in [4.69, 9.17) is 0 Å². The van der Waals surface area contributed by atoms with Crippen molar-refractivity contribution in [3.8, 4) is 0 Å². The number of aromatic amines is 1. The van der Waals surface area contributed by atoms with Gasteiger partial charge in [0.1, 0.15) is 0 Å². The number of carbonyl (C=O) groups excluding carboxylic acids is 1. The predicted octanol–water partition coefficient (Wildman–Crippen LogP) is 3.16. The average Bonchev–Trinajstić information content (AvgIpc) is 2.87. The summed E-state index contributed by atoms with van der Waals surface area (Å²) in [5.74, 6) is 0.151. The number of benzene rings is 1. The molecule has 3 nitrogen and oxygen atoms in total. The molecule has 0 spiro atoms. The fourth-order valence-corrected chi connectivity index (χ4v) is 2.92. The van der Waals surface area contributed by atoms with Crippen molar-refractivity contribution in [2.24, 2.45) is 0 Å². The Hall–Kier alpha value is -1.77. The highest BCUT2D eigenvalue weighted by molar-refractivity contribution is 5.83. The van der Waals surface area contributed by atoms with Gasteiger partial charge in [0.15, 0.2) is 0 Å². The van der Waals surface area contributed by atoms with Crippen molar-refractivity contribution in [1.29, 1.82) is 0 Å². The number of nitrogens with one attached hydrogen (secondary N) is 2. The van der Waals surface area contributed by atoms with Gasteiger partial charge in [-0.15, -0.1) is 0 Å². The number of hydrogen-bond donors (Lipinski definition) is 2. The van der Waals surface area contributed by atoms with Gasteiger partial charge < -0.3 is 10.3 Å². The van der Waals surface area contributed by atoms with E-state index in [1.807, 2.05) is 18.3 Å². The Kier molecular flexibility index (Phi) is 3.53. The third-order valence-corrected chi connectivity index (χ3v) is 3.95. The van der Waals surface area contributed by atoms with Crippen LogP contribution in [0.15, 0.2) is 30.5 Å². The Morgan fingerprint density at radius 3 is 2.89 bits per heavy atom. The molecule has 1 aliphatic carbocycles. The molecule has 2 N–H and O–H groups in total. The van der Waals surface area contributed by atoms with Crippen LogP contribution in [0.5, 0.6) is 0 Å². The molecule has 0 saturated heterocycles. The van der Waals surface area contributed by atoms with Crippen molar-refractivity contribution in [3.63, 3.8) is 0 Å². The molecule has 3 heteroatoms. The van der Waals surface area contributed by atoms with Gasteiger partial charge in [0.2, 0.25) is 5.91 Å². The van der Waals surface area contributed by atoms with E-state index in [-0.39, 0.29) is 5.91 Å². The molecule has 2 aromatic rings. The Bertz CT molecular complexity index is 567. The van der Waals surface area contributed by atoms with Gasteiger partial charge in [-0.1, -0.05) is 31.4 Å². The van der Waals surface area contributed by atoms with Crippen LogP contribution in [0.1, 0.15) is 37.7 Å². The van der Waals surface area contributed by atoms with Crippen molar-refractivity contribution in [3.05, 3.63) is 36.0 Å². The van der Waals surface area contributed by atoms with Crippen LogP contribution in [-0.2, 0) is 11.2 Å². The molecule has 3 rings (SSSR count). The standard InChI is InChI=1S/C16H20N2O/c19-16(18-14-4-2-1-3-5-14)11-12-6-7-13-8-9-17-15(13)10-12/h6-10,14,17H,1-5,11H2,(H,18,19). The first-order chi connectivity index (χ1) is 9.31. The lowest BCUT2D eigenvalue weighted by Crippen LogP contribution is -2.37. The Balaban J connectivity index is 1.61. The third kappa shape index (κ3) is 2.98. The van der Waals surface area contributed by atoms with Crippen LogP contribution in [0.2, 0.25) is 0 Å². The molecule has 0 radical (unpaired) electrons. The third-order valence-electron chi connectivity index (χ3n) is 3.95. The van der Waals surface area contributed by atoms with Gasteiger partial charge in [-0.3, -0.25) is 4.79 Å². The fourth-order valence-electron chi connectivity index (χ4n) is 2.92. The van der Waals surface area contributed by atoms with E-state index in [0.717, 1.165) is 23.9 Å². The molecule has 0 unspecified atom stereocenters. The summed E-state index contributed by atoms with van der Waals surface area (Å²) in [5, 5.41) is 4.35. The lowest BCUT2D eigenvalue weighted by Gasteiger charge is -2.22. The number of carbonyl (C=O) groups is 1. The molecule has 1 heterocycles. The van der Waals surface area contributed by atoms with E-state index >= 15 is 0 Å². The summed E-state index contributed by atoms with van der Waals surface area (Å²) >= 11 is 0. The maximum Gasteiger partial charge on any atom is 0.224 e. The van der Waals surface area contributed by atoms with Crippen molar-refractivity contribution >= 4 is 16.8 Å². The van der Waals surface area contributed by atoms with Crippen LogP contribution in [-0.4, -0.2) is 16.9 Å². The minimum absolute atomic E-state index is 0.151. The minimum atomic E-state index is 0.151. The molecular formula is C16H20N2O. The molecule has 0 bridgehead atoms. The molecule has 19 heavy (non-hydrogen) atoms. The molecule has 1 aromatic carbocycles. The largest absolute Gasteiger partial charge is 0.361 e. The maximum absolute atomic E-state index is 12.0. The molecular weight excluding hydrogens is 236 g/mol. The molecule has 100 valence electrons. The minimum Gasteiger partial charge on any atom is -0.361 e. The van der Waals surface area contributed by atoms with Crippen LogP contribution < -0.4 is 5.32 Å². The maximum atomic E-state index is 12.0. The average molecular weight is 256 g/mol. The number of fused-ring (bicyclic) bond motifs is 1. The monoisotopic (exact) mass is 256 g/mol. The Morgan fingerprint density at radius 2 is 2.05 bits per heavy atom. The topological polar surface area (TPSA) is 44.9 Å². The highest BCUT2D eigenvalue weighted by Crippen LogP contribution is 2.18. The van der Waals surface area contributed by atoms with Crippen molar-refractivity contribution in [2.75, 3.05) is 0 Å². The quantitative estimate of drug-likeness (QED) is 0.870. The highest BCUT2D eigenvalue weighted by atomic mass is 16.1. The first-order valence-electron chi connectivity index (χ1n) is 7.17. The number of H-pyrrole nitrogens is 1. The Labute approximate surface area is 113 Å². The van der Waals surface area contributed by atoms with E-state index in [9.17, 15) is 4.79 Å². The van der Waals surface area contributed by atoms with Gasteiger partial charge in [-0.25, -0.2) is 0 Å². The summed E-state index contributed by atoms with van der Waals surface area (Å²) in [6, 6.07) is 8.61. The highest BCUT2D eigenvalue weighted by Gasteiger charge is 2.15. The molecule has 0 aliphatic heterocycles. The van der Waals surface area contributed by atoms with Crippen LogP contribution in [0.25, 0.3) is 10.9 Å². The molecule has 1 aromatic heterocycles. The first-order valence-corrected chi connectivity index (χ1v) is 7.17. The predicted molar refractivity (Wildman–Crippen MR) is 77.0 cm³/mol. The van der Waals surface area contributed by atoms with Crippen molar-refractivity contribution in [2.45, 2.75) is 44.6 Å². The summed E-state index contributed by atoms with van der Waals surface area (Å²) in [6.07, 6.45) is 8.50. The van der Waals surface area contributed by atoms with E-state index in [1.54, 1.807) is 0 Å². The van der Waals surface area contributed by atoms with Crippen molar-refractivity contribution < 1.29 is 4.79 Å². The first kappa shape index (κ1) is 12.3. The SMILES string of the molecule is O=C(Cc1ccc2cc[nH]c2c1)NC1CCCCC1. The summed E-state index contributed by atoms with van der Waals surface area (Å²) < 4.78 is 0. The van der Waals surface area contributed by atoms with Gasteiger partial charge in [0.25, 0.3) is 0 Å². The fraction of sp³-hybridized carbons (Fsp3) is 0.438. The molecule has 1 amide bonds. The van der Waals surface area contributed by atoms with Gasteiger partial charge >= 0.3 is 0 Å². The summed E-state index contributed by atoms with van der Waals surface area (Å²) in [5.41, 5.74) is 2.17. The van der Waals surface area contributed by atoms with Crippen LogP contribution >= 0.6 is 0 Å². The van der Waals surface area contributed by atoms with Gasteiger partial charge in [-0.05, 0) is 35.9 Å². The second kappa shape index (κ2) is 5.47. The number of aromatic nitrogens is 1. The lowest BCUT2D eigenvalue weighted by molar-refractivity contribution is -0.121. The number of rotatable bonds is 3. The molecule has 1 fully saturated rings. The van der Waals surface area contributed by atoms with Crippen LogP contribution in [0, 0.1) is 0 Å². The summed E-state index contributed by atoms with van der Waals surface area (Å²) in [6.45, 7) is 0. The zero-order valence-electron chi connectivity index (χ0n) is 11.1. The molecule has 1 saturated carbocycles. The zero-order valence-corrected chi connectivity index (χ0v) is 11.1. The smallest absolute Gasteiger partial charge is 0.224 e. The van der Waals surface area contributed by atoms with Crippen LogP contribution in [0.4, 0.5) is 0 Å². The second-order valence-corrected chi connectivity index (χ2v) is 5.48. The second-order valence-electron chi connectivity index (χ2n) is 5.48. The summed E-state index contributed by atoms with van der Waals surface area (Å²) in [7, 11) is 0. The van der Waals surface area contributed by atoms with E-state index in [0.29, 0.717) is 12.5 Å². The van der Waals surface area contributed by atoms with Gasteiger partial charge in [0, 0.05) is 17.8 Å².